The van der Waals surface area contributed by atoms with Gasteiger partial charge in [0.15, 0.2) is 0 Å². The number of ether oxygens (including phenoxy) is 1. The van der Waals surface area contributed by atoms with Crippen LogP contribution in [0.5, 0.6) is 0 Å². The molecule has 26 heavy (non-hydrogen) atoms. The maximum Gasteiger partial charge on any atom is 0.410 e. The van der Waals surface area contributed by atoms with Crippen LogP contribution in [0.1, 0.15) is 38.7 Å². The topological polar surface area (TPSA) is 59.1 Å². The predicted molar refractivity (Wildman–Crippen MR) is 90.2 cm³/mol. The molecule has 0 saturated carbocycles. The Morgan fingerprint density at radius 3 is 2.27 bits per heavy atom. The molecule has 0 aliphatic carbocycles. The lowest BCUT2D eigenvalue weighted by Gasteiger charge is -2.29. The summed E-state index contributed by atoms with van der Waals surface area (Å²) in [4.78, 5) is 31.3. The molecule has 2 amide bonds. The number of likely N-dealkylation sites (N-methyl/N-ethyl adjacent to an activating group) is 1. The van der Waals surface area contributed by atoms with Crippen LogP contribution in [0, 0.1) is 11.6 Å². The van der Waals surface area contributed by atoms with E-state index in [1.165, 1.54) is 31.2 Å². The molecule has 1 unspecified atom stereocenters. The number of halogens is 2. The lowest BCUT2D eigenvalue weighted by Crippen LogP contribution is -2.47. The summed E-state index contributed by atoms with van der Waals surface area (Å²) in [6, 6.07) is 2.37. The normalized spacial score (nSPS) is 20.2. The van der Waals surface area contributed by atoms with Crippen LogP contribution in [0.3, 0.4) is 0 Å². The third-order valence-electron chi connectivity index (χ3n) is 4.15. The third-order valence-corrected chi connectivity index (χ3v) is 4.15. The molecule has 2 rings (SSSR count). The molecule has 144 valence electrons. The molecule has 1 aliphatic heterocycles. The number of benzene rings is 1. The monoisotopic (exact) mass is 370 g/mol. The van der Waals surface area contributed by atoms with Gasteiger partial charge in [0.1, 0.15) is 23.3 Å². The molecule has 0 spiro atoms. The van der Waals surface area contributed by atoms with Gasteiger partial charge in [0.05, 0.1) is 7.11 Å². The molecular weight excluding hydrogens is 346 g/mol. The molecule has 1 aromatic rings. The molecule has 1 saturated heterocycles. The molecule has 1 aliphatic rings. The molecule has 0 radical (unpaired) electrons. The molecule has 1 aromatic carbocycles. The quantitative estimate of drug-likeness (QED) is 0.768. The van der Waals surface area contributed by atoms with Crippen LogP contribution in [0.25, 0.3) is 0 Å². The number of hydroxylamine groups is 2. The zero-order chi connectivity index (χ0) is 19.6. The third kappa shape index (κ3) is 4.69. The number of likely N-dealkylation sites (tertiary alicyclic amines) is 1. The number of carbonyl (C=O) groups is 2. The van der Waals surface area contributed by atoms with Crippen molar-refractivity contribution in [3.05, 3.63) is 35.4 Å². The van der Waals surface area contributed by atoms with Gasteiger partial charge in [0, 0.05) is 25.6 Å². The van der Waals surface area contributed by atoms with Gasteiger partial charge in [-0.3, -0.25) is 14.5 Å². The molecular formula is C18H24F2N2O4. The van der Waals surface area contributed by atoms with Crippen molar-refractivity contribution < 1.29 is 27.9 Å². The van der Waals surface area contributed by atoms with E-state index in [0.717, 1.165) is 11.1 Å². The summed E-state index contributed by atoms with van der Waals surface area (Å²) in [5.74, 6) is -2.23. The highest BCUT2D eigenvalue weighted by Crippen LogP contribution is 2.34. The fourth-order valence-corrected chi connectivity index (χ4v) is 2.94. The molecule has 0 aromatic heterocycles. The number of amides is 2. The first-order chi connectivity index (χ1) is 12.0. The SMILES string of the molecule is CON(C)C(=O)C1C[C@@H](c2cc(F)cc(F)c2)CN1C(=O)OC(C)(C)C. The summed E-state index contributed by atoms with van der Waals surface area (Å²) in [6.07, 6.45) is -0.436. The number of rotatable bonds is 3. The van der Waals surface area contributed by atoms with Crippen LogP contribution in [0.2, 0.25) is 0 Å². The van der Waals surface area contributed by atoms with Crippen molar-refractivity contribution in [2.24, 2.45) is 0 Å². The smallest absolute Gasteiger partial charge is 0.410 e. The fourth-order valence-electron chi connectivity index (χ4n) is 2.94. The van der Waals surface area contributed by atoms with E-state index >= 15 is 0 Å². The summed E-state index contributed by atoms with van der Waals surface area (Å²) in [5.41, 5.74) is -0.340. The lowest BCUT2D eigenvalue weighted by molar-refractivity contribution is -0.173. The van der Waals surface area contributed by atoms with Crippen LogP contribution in [-0.4, -0.2) is 54.3 Å². The van der Waals surface area contributed by atoms with Crippen molar-refractivity contribution >= 4 is 12.0 Å². The van der Waals surface area contributed by atoms with E-state index in [2.05, 4.69) is 0 Å². The Morgan fingerprint density at radius 2 is 1.77 bits per heavy atom. The number of carbonyl (C=O) groups excluding carboxylic acids is 2. The first kappa shape index (κ1) is 20.1. The second-order valence-electron chi connectivity index (χ2n) is 7.30. The van der Waals surface area contributed by atoms with Gasteiger partial charge < -0.3 is 4.74 Å². The average Bonchev–Trinajstić information content (AvgIpc) is 2.96. The number of hydrogen-bond donors (Lipinski definition) is 0. The van der Waals surface area contributed by atoms with Crippen LogP contribution >= 0.6 is 0 Å². The van der Waals surface area contributed by atoms with Gasteiger partial charge in [-0.2, -0.15) is 0 Å². The second kappa shape index (κ2) is 7.57. The van der Waals surface area contributed by atoms with Crippen LogP contribution in [0.15, 0.2) is 18.2 Å². The van der Waals surface area contributed by atoms with Crippen molar-refractivity contribution in [1.82, 2.24) is 9.96 Å². The second-order valence-corrected chi connectivity index (χ2v) is 7.30. The zero-order valence-electron chi connectivity index (χ0n) is 15.6. The Bertz CT molecular complexity index is 670. The highest BCUT2D eigenvalue weighted by Gasteiger charge is 2.43. The first-order valence-corrected chi connectivity index (χ1v) is 8.29. The Hall–Kier alpha value is -2.22. The van der Waals surface area contributed by atoms with Gasteiger partial charge in [-0.05, 0) is 44.9 Å². The van der Waals surface area contributed by atoms with Crippen LogP contribution in [-0.2, 0) is 14.4 Å². The molecule has 0 N–H and O–H groups in total. The summed E-state index contributed by atoms with van der Waals surface area (Å²) in [6.45, 7) is 5.28. The maximum absolute atomic E-state index is 13.6. The van der Waals surface area contributed by atoms with Crippen molar-refractivity contribution in [3.63, 3.8) is 0 Å². The minimum absolute atomic E-state index is 0.117. The van der Waals surface area contributed by atoms with Crippen molar-refractivity contribution in [1.29, 1.82) is 0 Å². The lowest BCUT2D eigenvalue weighted by atomic mass is 9.96. The first-order valence-electron chi connectivity index (χ1n) is 8.29. The highest BCUT2D eigenvalue weighted by atomic mass is 19.1. The fraction of sp³-hybridized carbons (Fsp3) is 0.556. The molecule has 0 bridgehead atoms. The van der Waals surface area contributed by atoms with Gasteiger partial charge in [0.25, 0.3) is 5.91 Å². The van der Waals surface area contributed by atoms with Crippen LogP contribution < -0.4 is 0 Å². The maximum atomic E-state index is 13.6. The number of nitrogens with zero attached hydrogens (tertiary/aromatic N) is 2. The minimum atomic E-state index is -0.842. The molecule has 6 nitrogen and oxygen atoms in total. The van der Waals surface area contributed by atoms with E-state index in [-0.39, 0.29) is 13.0 Å². The van der Waals surface area contributed by atoms with Gasteiger partial charge in [-0.15, -0.1) is 0 Å². The zero-order valence-corrected chi connectivity index (χ0v) is 15.6. The summed E-state index contributed by atoms with van der Waals surface area (Å²) in [7, 11) is 2.77. The average molecular weight is 370 g/mol. The summed E-state index contributed by atoms with van der Waals surface area (Å²) < 4.78 is 32.5. The van der Waals surface area contributed by atoms with Crippen molar-refractivity contribution in [2.75, 3.05) is 20.7 Å². The largest absolute Gasteiger partial charge is 0.444 e. The highest BCUT2D eigenvalue weighted by molar-refractivity contribution is 5.85. The van der Waals surface area contributed by atoms with E-state index in [4.69, 9.17) is 9.57 Å². The van der Waals surface area contributed by atoms with Gasteiger partial charge in [-0.25, -0.2) is 18.6 Å². The Labute approximate surface area is 151 Å². The molecule has 1 heterocycles. The Balaban J connectivity index is 2.30. The van der Waals surface area contributed by atoms with Gasteiger partial charge >= 0.3 is 6.09 Å². The predicted octanol–water partition coefficient (Wildman–Crippen LogP) is 3.08. The number of hydrogen-bond acceptors (Lipinski definition) is 4. The molecule has 1 fully saturated rings. The molecule has 2 atom stereocenters. The van der Waals surface area contributed by atoms with E-state index in [0.29, 0.717) is 5.56 Å². The summed E-state index contributed by atoms with van der Waals surface area (Å²) in [5, 5.41) is 1.02. The standard InChI is InChI=1S/C18H24F2N2O4/c1-18(2,3)26-17(24)22-10-12(8-15(22)16(23)21(4)25-5)11-6-13(19)9-14(20)7-11/h6-7,9,12,15H,8,10H2,1-5H3/t12-,15?/m1/s1. The Morgan fingerprint density at radius 1 is 1.19 bits per heavy atom. The van der Waals surface area contributed by atoms with E-state index < -0.39 is 41.2 Å². The van der Waals surface area contributed by atoms with Crippen LogP contribution in [0.4, 0.5) is 13.6 Å². The van der Waals surface area contributed by atoms with E-state index in [9.17, 15) is 18.4 Å². The van der Waals surface area contributed by atoms with E-state index in [1.807, 2.05) is 0 Å². The van der Waals surface area contributed by atoms with Crippen molar-refractivity contribution in [2.45, 2.75) is 44.8 Å². The van der Waals surface area contributed by atoms with Gasteiger partial charge in [0.2, 0.25) is 0 Å². The molecule has 8 heteroatoms. The van der Waals surface area contributed by atoms with Gasteiger partial charge in [-0.1, -0.05) is 0 Å². The van der Waals surface area contributed by atoms with E-state index in [1.54, 1.807) is 20.8 Å². The summed E-state index contributed by atoms with van der Waals surface area (Å²) >= 11 is 0. The Kier molecular flexibility index (Phi) is 5.85. The minimum Gasteiger partial charge on any atom is -0.444 e. The van der Waals surface area contributed by atoms with Crippen molar-refractivity contribution in [3.8, 4) is 0 Å².